The molecule has 0 bridgehead atoms. The Bertz CT molecular complexity index is 1030. The number of hydrogen-bond donors (Lipinski definition) is 1. The van der Waals surface area contributed by atoms with Crippen LogP contribution in [0.4, 0.5) is 5.00 Å². The summed E-state index contributed by atoms with van der Waals surface area (Å²) in [6, 6.07) is 7.32. The predicted octanol–water partition coefficient (Wildman–Crippen LogP) is 5.03. The number of anilines is 1. The van der Waals surface area contributed by atoms with Gasteiger partial charge in [-0.05, 0) is 31.5 Å². The molecule has 0 radical (unpaired) electrons. The number of ether oxygens (including phenoxy) is 1. The van der Waals surface area contributed by atoms with Gasteiger partial charge in [0, 0.05) is 23.3 Å². The molecule has 1 amide bonds. The molecule has 1 aromatic carbocycles. The van der Waals surface area contributed by atoms with Crippen molar-refractivity contribution < 1.29 is 18.7 Å². The first-order valence-electron chi connectivity index (χ1n) is 8.58. The summed E-state index contributed by atoms with van der Waals surface area (Å²) in [5.41, 5.74) is 1.96. The van der Waals surface area contributed by atoms with E-state index in [2.05, 4.69) is 10.3 Å². The fraction of sp³-hybridized carbons (Fsp3) is 0.250. The minimum atomic E-state index is -0.464. The Morgan fingerprint density at radius 2 is 2.04 bits per heavy atom. The average Bonchev–Trinajstić information content (AvgIpc) is 3.25. The summed E-state index contributed by atoms with van der Waals surface area (Å²) in [6.45, 7) is 3.72. The van der Waals surface area contributed by atoms with Crippen LogP contribution in [-0.2, 0) is 16.0 Å². The lowest BCUT2D eigenvalue weighted by atomic mass is 10.1. The normalized spacial score (nSPS) is 10.7. The van der Waals surface area contributed by atoms with Gasteiger partial charge < -0.3 is 14.5 Å². The molecule has 0 saturated heterocycles. The summed E-state index contributed by atoms with van der Waals surface area (Å²) in [5, 5.41) is 3.86. The Kier molecular flexibility index (Phi) is 6.16. The van der Waals surface area contributed by atoms with Crippen LogP contribution in [-0.4, -0.2) is 24.0 Å². The number of thiophene rings is 1. The van der Waals surface area contributed by atoms with Gasteiger partial charge in [0.05, 0.1) is 23.9 Å². The molecule has 2 heterocycles. The van der Waals surface area contributed by atoms with Crippen molar-refractivity contribution in [2.24, 2.45) is 0 Å². The number of aromatic nitrogens is 1. The van der Waals surface area contributed by atoms with E-state index in [1.807, 2.05) is 32.0 Å². The molecule has 0 aliphatic heterocycles. The van der Waals surface area contributed by atoms with E-state index in [1.54, 1.807) is 12.3 Å². The smallest absolute Gasteiger partial charge is 0.341 e. The second kappa shape index (κ2) is 8.58. The van der Waals surface area contributed by atoms with Crippen LogP contribution in [0, 0.1) is 13.8 Å². The third kappa shape index (κ3) is 4.26. The Balaban J connectivity index is 1.65. The van der Waals surface area contributed by atoms with Crippen molar-refractivity contribution in [2.45, 2.75) is 26.7 Å². The fourth-order valence-corrected chi connectivity index (χ4v) is 3.98. The van der Waals surface area contributed by atoms with Crippen molar-refractivity contribution >= 4 is 39.8 Å². The monoisotopic (exact) mass is 418 g/mol. The number of carbonyl (C=O) groups excluding carboxylic acids is 2. The number of nitrogens with zero attached hydrogens (tertiary/aromatic N) is 1. The molecule has 0 atom stereocenters. The second-order valence-electron chi connectivity index (χ2n) is 6.13. The SMILES string of the molecule is COC(=O)c1c(NC(=O)CCc2ncc(-c3ccccc3Cl)o2)sc(C)c1C. The average molecular weight is 419 g/mol. The minimum Gasteiger partial charge on any atom is -0.465 e. The Morgan fingerprint density at radius 3 is 2.75 bits per heavy atom. The standard InChI is InChI=1S/C20H19ClN2O4S/c1-11-12(2)28-19(18(11)20(25)26-3)23-16(24)8-9-17-22-10-15(27-17)13-6-4-5-7-14(13)21/h4-7,10H,8-9H2,1-3H3,(H,23,24). The van der Waals surface area contributed by atoms with Gasteiger partial charge in [0.2, 0.25) is 5.91 Å². The van der Waals surface area contributed by atoms with E-state index >= 15 is 0 Å². The van der Waals surface area contributed by atoms with Gasteiger partial charge in [-0.2, -0.15) is 0 Å². The number of rotatable bonds is 6. The van der Waals surface area contributed by atoms with Crippen LogP contribution in [0.1, 0.15) is 33.1 Å². The van der Waals surface area contributed by atoms with Gasteiger partial charge in [-0.3, -0.25) is 4.79 Å². The third-order valence-corrected chi connectivity index (χ3v) is 5.74. The lowest BCUT2D eigenvalue weighted by Crippen LogP contribution is -2.14. The number of halogens is 1. The highest BCUT2D eigenvalue weighted by molar-refractivity contribution is 7.16. The number of esters is 1. The molecule has 2 aromatic heterocycles. The highest BCUT2D eigenvalue weighted by Crippen LogP contribution is 2.33. The molecule has 0 saturated carbocycles. The van der Waals surface area contributed by atoms with Gasteiger partial charge in [-0.15, -0.1) is 11.3 Å². The van der Waals surface area contributed by atoms with Crippen molar-refractivity contribution in [1.82, 2.24) is 4.98 Å². The third-order valence-electron chi connectivity index (χ3n) is 4.29. The highest BCUT2D eigenvalue weighted by atomic mass is 35.5. The lowest BCUT2D eigenvalue weighted by Gasteiger charge is -2.05. The summed E-state index contributed by atoms with van der Waals surface area (Å²) in [6.07, 6.45) is 2.09. The largest absolute Gasteiger partial charge is 0.465 e. The van der Waals surface area contributed by atoms with E-state index < -0.39 is 5.97 Å². The van der Waals surface area contributed by atoms with Crippen molar-refractivity contribution in [3.63, 3.8) is 0 Å². The molecule has 6 nitrogen and oxygen atoms in total. The molecule has 3 aromatic rings. The Hall–Kier alpha value is -2.64. The van der Waals surface area contributed by atoms with Gasteiger partial charge in [0.1, 0.15) is 5.00 Å². The first-order valence-corrected chi connectivity index (χ1v) is 9.78. The van der Waals surface area contributed by atoms with E-state index in [-0.39, 0.29) is 12.3 Å². The van der Waals surface area contributed by atoms with E-state index in [4.69, 9.17) is 20.8 Å². The zero-order chi connectivity index (χ0) is 20.3. The summed E-state index contributed by atoms with van der Waals surface area (Å²) < 4.78 is 10.5. The number of nitrogens with one attached hydrogen (secondary N) is 1. The van der Waals surface area contributed by atoms with Crippen LogP contribution in [0.25, 0.3) is 11.3 Å². The summed E-state index contributed by atoms with van der Waals surface area (Å²) >= 11 is 7.52. The molecule has 28 heavy (non-hydrogen) atoms. The lowest BCUT2D eigenvalue weighted by molar-refractivity contribution is -0.116. The first-order chi connectivity index (χ1) is 13.4. The number of methoxy groups -OCH3 is 1. The molecule has 0 aliphatic rings. The van der Waals surface area contributed by atoms with Crippen LogP contribution in [0.15, 0.2) is 34.9 Å². The maximum Gasteiger partial charge on any atom is 0.341 e. The zero-order valence-electron chi connectivity index (χ0n) is 15.7. The van der Waals surface area contributed by atoms with Crippen LogP contribution in [0.5, 0.6) is 0 Å². The van der Waals surface area contributed by atoms with E-state index in [9.17, 15) is 9.59 Å². The van der Waals surface area contributed by atoms with Crippen LogP contribution < -0.4 is 5.32 Å². The van der Waals surface area contributed by atoms with Gasteiger partial charge in [0.25, 0.3) is 0 Å². The summed E-state index contributed by atoms with van der Waals surface area (Å²) in [5.74, 6) is 0.299. The molecule has 0 aliphatic carbocycles. The maximum absolute atomic E-state index is 12.4. The number of carbonyl (C=O) groups is 2. The topological polar surface area (TPSA) is 81.4 Å². The molecule has 1 N–H and O–H groups in total. The van der Waals surface area contributed by atoms with Crippen LogP contribution in [0.3, 0.4) is 0 Å². The number of oxazole rings is 1. The second-order valence-corrected chi connectivity index (χ2v) is 7.76. The highest BCUT2D eigenvalue weighted by Gasteiger charge is 2.21. The number of aryl methyl sites for hydroxylation is 2. The van der Waals surface area contributed by atoms with Gasteiger partial charge >= 0.3 is 5.97 Å². The molecular weight excluding hydrogens is 400 g/mol. The van der Waals surface area contributed by atoms with Crippen molar-refractivity contribution in [3.8, 4) is 11.3 Å². The zero-order valence-corrected chi connectivity index (χ0v) is 17.2. The quantitative estimate of drug-likeness (QED) is 0.567. The Morgan fingerprint density at radius 1 is 1.29 bits per heavy atom. The van der Waals surface area contributed by atoms with E-state index in [0.29, 0.717) is 33.7 Å². The first kappa shape index (κ1) is 20.1. The molecule has 146 valence electrons. The van der Waals surface area contributed by atoms with E-state index in [1.165, 1.54) is 18.4 Å². The predicted molar refractivity (Wildman–Crippen MR) is 109 cm³/mol. The molecule has 0 fully saturated rings. The number of hydrogen-bond acceptors (Lipinski definition) is 6. The fourth-order valence-electron chi connectivity index (χ4n) is 2.68. The molecular formula is C20H19ClN2O4S. The van der Waals surface area contributed by atoms with Crippen molar-refractivity contribution in [2.75, 3.05) is 12.4 Å². The molecule has 8 heteroatoms. The van der Waals surface area contributed by atoms with Gasteiger partial charge in [-0.1, -0.05) is 23.7 Å². The van der Waals surface area contributed by atoms with Crippen molar-refractivity contribution in [3.05, 3.63) is 57.4 Å². The minimum absolute atomic E-state index is 0.166. The van der Waals surface area contributed by atoms with Gasteiger partial charge in [0.15, 0.2) is 11.7 Å². The van der Waals surface area contributed by atoms with Gasteiger partial charge in [-0.25, -0.2) is 9.78 Å². The summed E-state index contributed by atoms with van der Waals surface area (Å²) in [4.78, 5) is 29.5. The van der Waals surface area contributed by atoms with Crippen molar-refractivity contribution in [1.29, 1.82) is 0 Å². The van der Waals surface area contributed by atoms with Crippen LogP contribution in [0.2, 0.25) is 5.02 Å². The maximum atomic E-state index is 12.4. The number of benzene rings is 1. The molecule has 0 spiro atoms. The van der Waals surface area contributed by atoms with Crippen LogP contribution >= 0.6 is 22.9 Å². The molecule has 3 rings (SSSR count). The Labute approximate surface area is 171 Å². The number of amides is 1. The summed E-state index contributed by atoms with van der Waals surface area (Å²) in [7, 11) is 1.32. The molecule has 0 unspecified atom stereocenters. The van der Waals surface area contributed by atoms with E-state index in [0.717, 1.165) is 16.0 Å².